The number of aromatic nitrogens is 2. The van der Waals surface area contributed by atoms with Crippen LogP contribution in [0.15, 0.2) is 73.2 Å². The van der Waals surface area contributed by atoms with Crippen molar-refractivity contribution < 1.29 is 58.2 Å². The molecule has 0 saturated carbocycles. The number of nitrogens with one attached hydrogen (secondary N) is 10. The summed E-state index contributed by atoms with van der Waals surface area (Å²) in [5.74, 6) is -9.56. The van der Waals surface area contributed by atoms with Gasteiger partial charge in [-0.25, -0.2) is 9.78 Å². The molecule has 25 heteroatoms. The molecular formula is C53H77N13O12. The quantitative estimate of drug-likeness (QED) is 0.0289. The van der Waals surface area contributed by atoms with Gasteiger partial charge in [0.15, 0.2) is 0 Å². The van der Waals surface area contributed by atoms with Gasteiger partial charge in [0.05, 0.1) is 25.4 Å². The SMILES string of the molecule is CC(C)C[C@H](NC(=O)[C@H](Cc1ccccc1)NC(=O)[C@H](CCCCN)NC(=O)[C@H](Cc1ccccc1)NC(=O)[C@H](CC(N)=O)NC(=O)[C@@H](NC(=O)[C@@H]1CCCN1)C(C)C)C(=O)N[C@@H](CO)C(=O)N[C@@H](Cc1cnc[nH]1)C(=O)O. The minimum absolute atomic E-state index is 0.00706. The molecule has 1 fully saturated rings. The van der Waals surface area contributed by atoms with E-state index in [0.717, 1.165) is 6.42 Å². The van der Waals surface area contributed by atoms with Crippen molar-refractivity contribution in [3.63, 3.8) is 0 Å². The van der Waals surface area contributed by atoms with E-state index in [0.29, 0.717) is 42.6 Å². The summed E-state index contributed by atoms with van der Waals surface area (Å²) < 4.78 is 0. The largest absolute Gasteiger partial charge is 0.480 e. The number of aromatic amines is 1. The summed E-state index contributed by atoms with van der Waals surface area (Å²) in [5, 5.41) is 43.8. The van der Waals surface area contributed by atoms with E-state index < -0.39 is 132 Å². The van der Waals surface area contributed by atoms with Gasteiger partial charge in [0.2, 0.25) is 53.2 Å². The number of carboxylic acid groups (broad SMARTS) is 1. The lowest BCUT2D eigenvalue weighted by Gasteiger charge is -2.29. The highest BCUT2D eigenvalue weighted by Crippen LogP contribution is 2.13. The molecular weight excluding hydrogens is 1010 g/mol. The van der Waals surface area contributed by atoms with Gasteiger partial charge in [-0.3, -0.25) is 43.2 Å². The van der Waals surface area contributed by atoms with Crippen molar-refractivity contribution in [3.8, 4) is 0 Å². The Bertz CT molecular complexity index is 2460. The summed E-state index contributed by atoms with van der Waals surface area (Å²) in [6.07, 6.45) is 3.74. The maximum Gasteiger partial charge on any atom is 0.326 e. The molecule has 1 saturated heterocycles. The predicted octanol–water partition coefficient (Wildman–Crippen LogP) is -2.15. The number of carbonyl (C=O) groups is 10. The highest BCUT2D eigenvalue weighted by atomic mass is 16.4. The summed E-state index contributed by atoms with van der Waals surface area (Å²) in [4.78, 5) is 143. The lowest BCUT2D eigenvalue weighted by atomic mass is 10.00. The molecule has 2 heterocycles. The van der Waals surface area contributed by atoms with Crippen molar-refractivity contribution in [2.75, 3.05) is 19.7 Å². The molecule has 0 aliphatic carbocycles. The van der Waals surface area contributed by atoms with E-state index in [-0.39, 0.29) is 44.6 Å². The Morgan fingerprint density at radius 1 is 0.628 bits per heavy atom. The molecule has 25 nitrogen and oxygen atoms in total. The molecule has 16 N–H and O–H groups in total. The Labute approximate surface area is 453 Å². The van der Waals surface area contributed by atoms with Crippen LogP contribution in [0.4, 0.5) is 0 Å². The Kier molecular flexibility index (Phi) is 25.8. The molecule has 426 valence electrons. The van der Waals surface area contributed by atoms with Gasteiger partial charge in [0.25, 0.3) is 0 Å². The van der Waals surface area contributed by atoms with E-state index >= 15 is 0 Å². The first-order valence-electron chi connectivity index (χ1n) is 26.2. The van der Waals surface area contributed by atoms with Crippen LogP contribution < -0.4 is 59.3 Å². The topological polar surface area (TPSA) is 400 Å². The van der Waals surface area contributed by atoms with E-state index in [1.54, 1.807) is 88.4 Å². The molecule has 0 radical (unpaired) electrons. The van der Waals surface area contributed by atoms with Crippen molar-refractivity contribution in [2.24, 2.45) is 23.3 Å². The molecule has 1 aliphatic heterocycles. The van der Waals surface area contributed by atoms with Crippen molar-refractivity contribution >= 4 is 59.1 Å². The van der Waals surface area contributed by atoms with Crippen molar-refractivity contribution in [1.29, 1.82) is 0 Å². The van der Waals surface area contributed by atoms with E-state index in [1.165, 1.54) is 12.5 Å². The molecule has 0 spiro atoms. The van der Waals surface area contributed by atoms with Crippen molar-refractivity contribution in [1.82, 2.24) is 57.8 Å². The highest BCUT2D eigenvalue weighted by Gasteiger charge is 2.37. The molecule has 2 aromatic carbocycles. The van der Waals surface area contributed by atoms with Gasteiger partial charge in [-0.2, -0.15) is 0 Å². The Hall–Kier alpha value is -7.77. The number of carboxylic acids is 1. The number of aliphatic carboxylic acids is 1. The fourth-order valence-electron chi connectivity index (χ4n) is 8.60. The second kappa shape index (κ2) is 32.1. The minimum atomic E-state index is -1.64. The minimum Gasteiger partial charge on any atom is -0.480 e. The van der Waals surface area contributed by atoms with Gasteiger partial charge in [0, 0.05) is 31.2 Å². The monoisotopic (exact) mass is 1090 g/mol. The zero-order valence-corrected chi connectivity index (χ0v) is 44.6. The first kappa shape index (κ1) is 62.8. The average Bonchev–Trinajstić information content (AvgIpc) is 4.14. The van der Waals surface area contributed by atoms with Gasteiger partial charge < -0.3 is 74.5 Å². The first-order valence-corrected chi connectivity index (χ1v) is 26.2. The predicted molar refractivity (Wildman–Crippen MR) is 285 cm³/mol. The number of amides is 9. The Balaban J connectivity index is 1.59. The fourth-order valence-corrected chi connectivity index (χ4v) is 8.60. The van der Waals surface area contributed by atoms with E-state index in [1.807, 2.05) is 0 Å². The van der Waals surface area contributed by atoms with E-state index in [2.05, 4.69) is 57.8 Å². The van der Waals surface area contributed by atoms with Gasteiger partial charge in [-0.15, -0.1) is 0 Å². The number of H-pyrrole nitrogens is 1. The molecule has 4 rings (SSSR count). The second-order valence-electron chi connectivity index (χ2n) is 20.1. The number of benzene rings is 2. The Morgan fingerprint density at radius 2 is 1.13 bits per heavy atom. The summed E-state index contributed by atoms with van der Waals surface area (Å²) in [5.41, 5.74) is 13.0. The van der Waals surface area contributed by atoms with Crippen LogP contribution in [0.1, 0.15) is 89.5 Å². The summed E-state index contributed by atoms with van der Waals surface area (Å²) in [6.45, 7) is 6.88. The number of hydrogen-bond donors (Lipinski definition) is 14. The van der Waals surface area contributed by atoms with Crippen molar-refractivity contribution in [3.05, 3.63) is 90.0 Å². The van der Waals surface area contributed by atoms with Gasteiger partial charge in [-0.1, -0.05) is 88.4 Å². The summed E-state index contributed by atoms with van der Waals surface area (Å²) >= 11 is 0. The number of unbranched alkanes of at least 4 members (excludes halogenated alkanes) is 1. The van der Waals surface area contributed by atoms with Crippen LogP contribution in [-0.4, -0.2) is 153 Å². The van der Waals surface area contributed by atoms with Crippen LogP contribution in [0, 0.1) is 11.8 Å². The number of aliphatic hydroxyl groups excluding tert-OH is 1. The molecule has 9 atom stereocenters. The second-order valence-corrected chi connectivity index (χ2v) is 20.1. The van der Waals surface area contributed by atoms with E-state index in [9.17, 15) is 58.2 Å². The Morgan fingerprint density at radius 3 is 1.62 bits per heavy atom. The number of hydrogen-bond acceptors (Lipinski definition) is 14. The third-order valence-electron chi connectivity index (χ3n) is 12.8. The fraction of sp³-hybridized carbons (Fsp3) is 0.528. The van der Waals surface area contributed by atoms with Crippen LogP contribution in [0.25, 0.3) is 0 Å². The number of aliphatic hydroxyl groups is 1. The number of imidazole rings is 1. The molecule has 78 heavy (non-hydrogen) atoms. The number of carbonyl (C=O) groups excluding carboxylic acids is 9. The molecule has 3 aromatic rings. The third kappa shape index (κ3) is 21.0. The van der Waals surface area contributed by atoms with Crippen LogP contribution in [-0.2, 0) is 67.2 Å². The van der Waals surface area contributed by atoms with Crippen LogP contribution >= 0.6 is 0 Å². The smallest absolute Gasteiger partial charge is 0.326 e. The van der Waals surface area contributed by atoms with Gasteiger partial charge >= 0.3 is 5.97 Å². The molecule has 0 unspecified atom stereocenters. The third-order valence-corrected chi connectivity index (χ3v) is 12.8. The number of rotatable bonds is 33. The molecule has 9 amide bonds. The molecule has 1 aliphatic rings. The molecule has 1 aromatic heterocycles. The number of primary amides is 1. The van der Waals surface area contributed by atoms with Gasteiger partial charge in [-0.05, 0) is 74.6 Å². The van der Waals surface area contributed by atoms with Gasteiger partial charge in [0.1, 0.15) is 48.3 Å². The maximum atomic E-state index is 14.5. The zero-order chi connectivity index (χ0) is 57.3. The van der Waals surface area contributed by atoms with Crippen LogP contribution in [0.2, 0.25) is 0 Å². The zero-order valence-electron chi connectivity index (χ0n) is 44.6. The summed E-state index contributed by atoms with van der Waals surface area (Å²) in [7, 11) is 0. The van der Waals surface area contributed by atoms with E-state index in [4.69, 9.17) is 11.5 Å². The van der Waals surface area contributed by atoms with Crippen LogP contribution in [0.5, 0.6) is 0 Å². The maximum absolute atomic E-state index is 14.5. The lowest BCUT2D eigenvalue weighted by Crippen LogP contribution is -2.61. The highest BCUT2D eigenvalue weighted by molar-refractivity contribution is 5.99. The number of nitrogens with two attached hydrogens (primary N) is 2. The number of nitrogens with zero attached hydrogens (tertiary/aromatic N) is 1. The molecule has 0 bridgehead atoms. The first-order chi connectivity index (χ1) is 37.2. The summed E-state index contributed by atoms with van der Waals surface area (Å²) in [6, 6.07) is 5.36. The normalized spacial score (nSPS) is 16.2. The van der Waals surface area contributed by atoms with Crippen LogP contribution in [0.3, 0.4) is 0 Å². The standard InChI is InChI=1S/C53H77N13O12/c1-30(2)22-37(47(71)65-42(28-67)51(75)64-41(53(77)78)25-34-27-56-29-58-34)60-49(73)39(24-33-16-9-6-10-17-33)61-46(70)36(18-11-12-20-54)59-48(72)38(23-32-14-7-5-8-15-32)62-50(74)40(26-43(55)68)63-52(76)44(31(3)4)66-45(69)35-19-13-21-57-35/h5-10,14-17,27,29-31,35-42,44,57,67H,11-13,18-26,28,54H2,1-4H3,(H2,55,68)(H,56,58)(H,59,72)(H,60,73)(H,61,70)(H,62,74)(H,63,76)(H,64,75)(H,65,71)(H,66,69)(H,77,78)/t35-,36-,37-,38-,39-,40-,41-,42-,44-/m0/s1. The average molecular weight is 1090 g/mol. The lowest BCUT2D eigenvalue weighted by molar-refractivity contribution is -0.142. The van der Waals surface area contributed by atoms with Crippen molar-refractivity contribution in [2.45, 2.75) is 146 Å².